The highest BCUT2D eigenvalue weighted by atomic mass is 19.4. The Balaban J connectivity index is 0.000000591. The van der Waals surface area contributed by atoms with Gasteiger partial charge in [-0.2, -0.15) is 13.2 Å². The number of carboxylic acids is 1. The second-order valence-corrected chi connectivity index (χ2v) is 10.8. The average Bonchev–Trinajstić information content (AvgIpc) is 3.00. The van der Waals surface area contributed by atoms with E-state index in [1.165, 1.54) is 0 Å². The fourth-order valence-electron chi connectivity index (χ4n) is 5.03. The first-order valence-corrected chi connectivity index (χ1v) is 14.3. The summed E-state index contributed by atoms with van der Waals surface area (Å²) in [7, 11) is 0. The normalized spacial score (nSPS) is 18.8. The third kappa shape index (κ3) is 9.86. The number of aromatic nitrogens is 1. The second kappa shape index (κ2) is 15.1. The lowest BCUT2D eigenvalue weighted by molar-refractivity contribution is -0.192. The number of halogens is 4. The van der Waals surface area contributed by atoms with E-state index in [-0.39, 0.29) is 29.3 Å². The molecule has 0 radical (unpaired) electrons. The number of nitrogens with two attached hydrogens (primary N) is 1. The number of carbonyl (C=O) groups excluding carboxylic acids is 1. The highest BCUT2D eigenvalue weighted by Gasteiger charge is 2.38. The first-order valence-electron chi connectivity index (χ1n) is 14.3. The number of nitrogens with zero attached hydrogens (tertiary/aromatic N) is 2. The van der Waals surface area contributed by atoms with Crippen molar-refractivity contribution in [1.82, 2.24) is 15.2 Å². The number of pyridine rings is 1. The number of aliphatic carboxylic acids is 1. The van der Waals surface area contributed by atoms with Crippen molar-refractivity contribution in [3.8, 4) is 28.5 Å². The molecular weight excluding hydrogens is 600 g/mol. The summed E-state index contributed by atoms with van der Waals surface area (Å²) in [5.41, 5.74) is 8.85. The molecule has 1 saturated heterocycles. The molecule has 2 aromatic carbocycles. The van der Waals surface area contributed by atoms with E-state index >= 15 is 0 Å². The SMILES string of the molecule is NC1CCC(NC(=O)c2cc(F)cnc2Oc2cccc(-c3ccc(O)cc3CN3CCOCC3)c2)CC1.O=C(O)C(F)(F)F. The van der Waals surface area contributed by atoms with Crippen LogP contribution in [0.1, 0.15) is 41.6 Å². The molecule has 242 valence electrons. The fraction of sp³-hybridized carbons (Fsp3) is 0.387. The van der Waals surface area contributed by atoms with Crippen LogP contribution in [-0.2, 0) is 16.1 Å². The molecule has 1 saturated carbocycles. The molecule has 3 aromatic rings. The summed E-state index contributed by atoms with van der Waals surface area (Å²) in [4.78, 5) is 28.3. The number of alkyl halides is 3. The average molecular weight is 635 g/mol. The molecule has 5 rings (SSSR count). The van der Waals surface area contributed by atoms with Gasteiger partial charge in [0.05, 0.1) is 19.4 Å². The van der Waals surface area contributed by atoms with E-state index in [1.54, 1.807) is 18.2 Å². The van der Waals surface area contributed by atoms with Crippen molar-refractivity contribution in [3.05, 3.63) is 71.7 Å². The maximum absolute atomic E-state index is 14.1. The van der Waals surface area contributed by atoms with Crippen LogP contribution < -0.4 is 15.8 Å². The molecule has 0 atom stereocenters. The molecule has 2 fully saturated rings. The highest BCUT2D eigenvalue weighted by molar-refractivity contribution is 5.96. The van der Waals surface area contributed by atoms with Gasteiger partial charge < -0.3 is 30.7 Å². The van der Waals surface area contributed by atoms with Crippen LogP contribution in [0, 0.1) is 5.82 Å². The van der Waals surface area contributed by atoms with E-state index in [2.05, 4.69) is 15.2 Å². The van der Waals surface area contributed by atoms with Crippen LogP contribution in [0.15, 0.2) is 54.7 Å². The quantitative estimate of drug-likeness (QED) is 0.268. The summed E-state index contributed by atoms with van der Waals surface area (Å²) in [6.45, 7) is 3.70. The van der Waals surface area contributed by atoms with E-state index in [0.717, 1.165) is 67.7 Å². The van der Waals surface area contributed by atoms with E-state index in [4.69, 9.17) is 25.1 Å². The topological polar surface area (TPSA) is 147 Å². The minimum atomic E-state index is -5.08. The summed E-state index contributed by atoms with van der Waals surface area (Å²) in [5, 5.41) is 20.3. The Morgan fingerprint density at radius 2 is 1.76 bits per heavy atom. The molecule has 2 aliphatic rings. The van der Waals surface area contributed by atoms with Crippen molar-refractivity contribution < 1.29 is 46.8 Å². The number of carboxylic acid groups (broad SMARTS) is 1. The smallest absolute Gasteiger partial charge is 0.490 e. The summed E-state index contributed by atoms with van der Waals surface area (Å²) in [6, 6.07) is 14.0. The number of phenolic OH excluding ortho intramolecular Hbond substituents is 1. The summed E-state index contributed by atoms with van der Waals surface area (Å²) in [6.07, 6.45) is -0.794. The lowest BCUT2D eigenvalue weighted by atomic mass is 9.91. The molecule has 1 aliphatic carbocycles. The van der Waals surface area contributed by atoms with E-state index in [1.807, 2.05) is 24.3 Å². The van der Waals surface area contributed by atoms with Crippen LogP contribution in [0.5, 0.6) is 17.4 Å². The van der Waals surface area contributed by atoms with Gasteiger partial charge in [0.15, 0.2) is 0 Å². The van der Waals surface area contributed by atoms with Gasteiger partial charge >= 0.3 is 12.1 Å². The minimum absolute atomic E-state index is 0.0128. The maximum Gasteiger partial charge on any atom is 0.490 e. The molecule has 10 nitrogen and oxygen atoms in total. The van der Waals surface area contributed by atoms with Gasteiger partial charge in [-0.05, 0) is 72.7 Å². The van der Waals surface area contributed by atoms with Gasteiger partial charge in [-0.3, -0.25) is 9.69 Å². The van der Waals surface area contributed by atoms with Crippen molar-refractivity contribution in [1.29, 1.82) is 0 Å². The molecule has 0 spiro atoms. The van der Waals surface area contributed by atoms with E-state index in [9.17, 15) is 27.5 Å². The van der Waals surface area contributed by atoms with Crippen molar-refractivity contribution in [3.63, 3.8) is 0 Å². The van der Waals surface area contributed by atoms with Gasteiger partial charge in [-0.1, -0.05) is 18.2 Å². The van der Waals surface area contributed by atoms with Gasteiger partial charge in [0.1, 0.15) is 22.9 Å². The minimum Gasteiger partial charge on any atom is -0.508 e. The summed E-state index contributed by atoms with van der Waals surface area (Å²) >= 11 is 0. The molecule has 1 aliphatic heterocycles. The highest BCUT2D eigenvalue weighted by Crippen LogP contribution is 2.33. The first-order chi connectivity index (χ1) is 21.4. The molecule has 45 heavy (non-hydrogen) atoms. The number of carbonyl (C=O) groups is 2. The summed E-state index contributed by atoms with van der Waals surface area (Å²) < 4.78 is 57.3. The predicted octanol–water partition coefficient (Wildman–Crippen LogP) is 4.85. The van der Waals surface area contributed by atoms with Crippen LogP contribution >= 0.6 is 0 Å². The predicted molar refractivity (Wildman–Crippen MR) is 155 cm³/mol. The largest absolute Gasteiger partial charge is 0.508 e. The molecule has 1 amide bonds. The molecule has 1 aromatic heterocycles. The fourth-order valence-corrected chi connectivity index (χ4v) is 5.03. The van der Waals surface area contributed by atoms with E-state index < -0.39 is 23.9 Å². The number of benzene rings is 2. The standard InChI is InChI=1S/C29H33FN4O4.C2HF3O2/c30-21-16-27(28(36)33-23-6-4-22(31)5-7-23)29(32-17-21)38-25-3-1-2-19(15-25)26-9-8-24(35)14-20(26)18-34-10-12-37-13-11-34;3-2(4,5)1(6)7/h1-3,8-9,14-17,22-23,35H,4-7,10-13,18,31H2,(H,33,36);(H,6,7). The number of hydrogen-bond donors (Lipinski definition) is 4. The third-order valence-corrected chi connectivity index (χ3v) is 7.36. The van der Waals surface area contributed by atoms with Gasteiger partial charge in [-0.15, -0.1) is 0 Å². The molecule has 5 N–H and O–H groups in total. The molecule has 2 heterocycles. The number of morpholine rings is 1. The number of aromatic hydroxyl groups is 1. The Hall–Kier alpha value is -4.27. The zero-order valence-electron chi connectivity index (χ0n) is 24.2. The van der Waals surface area contributed by atoms with Crippen LogP contribution in [0.4, 0.5) is 17.6 Å². The number of phenols is 1. The first kappa shape index (κ1) is 33.6. The lowest BCUT2D eigenvalue weighted by Gasteiger charge is -2.27. The zero-order chi connectivity index (χ0) is 32.6. The van der Waals surface area contributed by atoms with Crippen molar-refractivity contribution in [2.24, 2.45) is 5.73 Å². The van der Waals surface area contributed by atoms with Crippen molar-refractivity contribution >= 4 is 11.9 Å². The third-order valence-electron chi connectivity index (χ3n) is 7.36. The summed E-state index contributed by atoms with van der Waals surface area (Å²) in [5.74, 6) is -3.09. The maximum atomic E-state index is 14.1. The molecule has 0 unspecified atom stereocenters. The molecule has 14 heteroatoms. The van der Waals surface area contributed by atoms with Crippen molar-refractivity contribution in [2.75, 3.05) is 26.3 Å². The second-order valence-electron chi connectivity index (χ2n) is 10.8. The van der Waals surface area contributed by atoms with Gasteiger partial charge in [0, 0.05) is 31.7 Å². The van der Waals surface area contributed by atoms with Gasteiger partial charge in [0.25, 0.3) is 5.91 Å². The van der Waals surface area contributed by atoms with E-state index in [0.29, 0.717) is 25.5 Å². The molecular formula is C31H34F4N4O6. The Bertz CT molecular complexity index is 1470. The van der Waals surface area contributed by atoms with Gasteiger partial charge in [0.2, 0.25) is 5.88 Å². The number of amides is 1. The Labute approximate surface area is 256 Å². The van der Waals surface area contributed by atoms with Crippen LogP contribution in [0.25, 0.3) is 11.1 Å². The number of nitrogens with one attached hydrogen (secondary N) is 1. The number of ether oxygens (including phenoxy) is 2. The Morgan fingerprint density at radius 1 is 1.07 bits per heavy atom. The van der Waals surface area contributed by atoms with Crippen LogP contribution in [0.3, 0.4) is 0 Å². The van der Waals surface area contributed by atoms with Crippen LogP contribution in [-0.4, -0.2) is 76.5 Å². The van der Waals surface area contributed by atoms with Crippen LogP contribution in [0.2, 0.25) is 0 Å². The Kier molecular flexibility index (Phi) is 11.3. The molecule has 0 bridgehead atoms. The zero-order valence-corrected chi connectivity index (χ0v) is 24.2. The van der Waals surface area contributed by atoms with Crippen molar-refractivity contribution in [2.45, 2.75) is 50.5 Å². The monoisotopic (exact) mass is 634 g/mol. The van der Waals surface area contributed by atoms with Gasteiger partial charge in [-0.25, -0.2) is 14.2 Å². The Morgan fingerprint density at radius 3 is 2.42 bits per heavy atom. The number of hydrogen-bond acceptors (Lipinski definition) is 8. The lowest BCUT2D eigenvalue weighted by Crippen LogP contribution is -2.40. The number of rotatable bonds is 7.